The summed E-state index contributed by atoms with van der Waals surface area (Å²) in [4.78, 5) is 0. The molecule has 0 amide bonds. The van der Waals surface area contributed by atoms with Crippen molar-refractivity contribution in [3.63, 3.8) is 0 Å². The largest absolute Gasteiger partial charge is 0.696 e. The van der Waals surface area contributed by atoms with Crippen LogP contribution < -0.4 is 5.73 Å². The fraction of sp³-hybridized carbons (Fsp3) is 0.600. The van der Waals surface area contributed by atoms with Crippen molar-refractivity contribution in [2.24, 2.45) is 5.73 Å². The van der Waals surface area contributed by atoms with Crippen molar-refractivity contribution in [1.29, 1.82) is 10.5 Å². The molecule has 0 aromatic rings. The molecule has 4 N–H and O–H groups in total. The number of hydrogen-bond donors (Lipinski definition) is 1. The average Bonchev–Trinajstić information content (AvgIpc) is 1.65. The molecular weight excluding hydrogens is 287 g/mol. The van der Waals surface area contributed by atoms with Crippen molar-refractivity contribution in [3.05, 3.63) is 6.15 Å². The Morgan fingerprint density at radius 2 is 1.17 bits per heavy atom. The van der Waals surface area contributed by atoms with Gasteiger partial charge in [0.1, 0.15) is 0 Å². The standard InChI is InChI=1S/C3H9N.2CHNS.H2N.Pd/c1-3(2)4;2*2-1-3;;/h3H,4H2,1-2H3;2*3H;1H2;/q;;;-1;/p-2. The van der Waals surface area contributed by atoms with Gasteiger partial charge in [0.05, 0.1) is 0 Å². The Labute approximate surface area is 98.6 Å². The number of hydrogen-bond acceptors (Lipinski definition) is 5. The van der Waals surface area contributed by atoms with E-state index in [9.17, 15) is 0 Å². The summed E-state index contributed by atoms with van der Waals surface area (Å²) >= 11 is 7.40. The molecule has 76 valence electrons. The van der Waals surface area contributed by atoms with E-state index in [4.69, 9.17) is 16.3 Å². The molecule has 12 heavy (non-hydrogen) atoms. The topological polar surface area (TPSA) is 107 Å². The van der Waals surface area contributed by atoms with Gasteiger partial charge in [-0.1, -0.05) is 24.6 Å². The predicted molar refractivity (Wildman–Crippen MR) is 50.6 cm³/mol. The van der Waals surface area contributed by atoms with Crippen LogP contribution in [0.25, 0.3) is 6.15 Å². The van der Waals surface area contributed by atoms with Gasteiger partial charge in [0.25, 0.3) is 0 Å². The molecule has 0 aliphatic rings. The number of rotatable bonds is 0. The number of nitriles is 2. The van der Waals surface area contributed by atoms with Crippen LogP contribution in [0, 0.1) is 21.3 Å². The van der Waals surface area contributed by atoms with Crippen LogP contribution in [-0.2, 0) is 45.7 Å². The molecule has 0 saturated carbocycles. The Balaban J connectivity index is -0.0000000191. The third-order valence-corrected chi connectivity index (χ3v) is 0. The van der Waals surface area contributed by atoms with E-state index in [-0.39, 0.29) is 26.6 Å². The summed E-state index contributed by atoms with van der Waals surface area (Å²) in [6.45, 7) is 3.89. The smallest absolute Gasteiger partial charge is 0 e. The van der Waals surface area contributed by atoms with E-state index in [0.29, 0.717) is 6.04 Å². The van der Waals surface area contributed by atoms with Gasteiger partial charge in [-0.15, -0.1) is 0 Å². The molecule has 0 aliphatic heterocycles. The van der Waals surface area contributed by atoms with Gasteiger partial charge in [-0.05, 0) is 6.04 Å². The van der Waals surface area contributed by atoms with E-state index in [0.717, 1.165) is 0 Å². The summed E-state index contributed by atoms with van der Waals surface area (Å²) < 4.78 is 0. The third kappa shape index (κ3) is 148000000. The van der Waals surface area contributed by atoms with Gasteiger partial charge in [-0.25, -0.2) is 10.5 Å². The monoisotopic (exact) mass is 297 g/mol. The number of nitrogens with two attached hydrogens (primary N) is 2. The second-order valence-corrected chi connectivity index (χ2v) is 1.79. The normalized spacial score (nSPS) is 4.17. The molecular formula is C5H11N4PdS2-3. The van der Waals surface area contributed by atoms with Gasteiger partial charge in [-0.2, -0.15) is 0 Å². The van der Waals surface area contributed by atoms with E-state index >= 15 is 0 Å². The second kappa shape index (κ2) is 44.0. The molecule has 7 heteroatoms. The zero-order valence-electron chi connectivity index (χ0n) is 6.76. The molecule has 0 bridgehead atoms. The Morgan fingerprint density at radius 1 is 1.17 bits per heavy atom. The molecule has 0 atom stereocenters. The fourth-order valence-corrected chi connectivity index (χ4v) is 0. The third-order valence-electron chi connectivity index (χ3n) is 0. The first-order valence-corrected chi connectivity index (χ1v) is 3.16. The Morgan fingerprint density at radius 3 is 1.17 bits per heavy atom. The van der Waals surface area contributed by atoms with E-state index in [1.54, 1.807) is 0 Å². The zero-order chi connectivity index (χ0) is 8.99. The van der Waals surface area contributed by atoms with Crippen molar-refractivity contribution >= 4 is 25.3 Å². The maximum atomic E-state index is 7.13. The molecule has 4 nitrogen and oxygen atoms in total. The fourth-order valence-electron chi connectivity index (χ4n) is 0. The molecule has 0 rings (SSSR count). The summed E-state index contributed by atoms with van der Waals surface area (Å²) in [5.41, 5.74) is 5.11. The number of thiocyanates is 2. The Hall–Kier alpha value is 0.00234. The van der Waals surface area contributed by atoms with Gasteiger partial charge in [0.2, 0.25) is 0 Å². The van der Waals surface area contributed by atoms with Crippen LogP contribution >= 0.6 is 0 Å². The summed E-state index contributed by atoms with van der Waals surface area (Å²) in [6.07, 6.45) is 0. The second-order valence-electron chi connectivity index (χ2n) is 1.43. The summed E-state index contributed by atoms with van der Waals surface area (Å²) in [6, 6.07) is 0.333. The maximum absolute atomic E-state index is 7.13. The predicted octanol–water partition coefficient (Wildman–Crippen LogP) is 1.10. The van der Waals surface area contributed by atoms with Gasteiger partial charge in [0, 0.05) is 20.4 Å². The molecule has 0 heterocycles. The molecule has 0 aliphatic carbocycles. The summed E-state index contributed by atoms with van der Waals surface area (Å²) in [5.74, 6) is 0. The molecule has 0 unspecified atom stereocenters. The van der Waals surface area contributed by atoms with Crippen LogP contribution in [-0.4, -0.2) is 6.04 Å². The summed E-state index contributed by atoms with van der Waals surface area (Å²) in [7, 11) is 0. The van der Waals surface area contributed by atoms with Crippen molar-refractivity contribution < 1.29 is 20.4 Å². The van der Waals surface area contributed by atoms with Crippen molar-refractivity contribution in [1.82, 2.24) is 0 Å². The molecule has 0 aromatic carbocycles. The van der Waals surface area contributed by atoms with Gasteiger partial charge < -0.3 is 37.1 Å². The van der Waals surface area contributed by atoms with Crippen LogP contribution in [0.1, 0.15) is 13.8 Å². The van der Waals surface area contributed by atoms with Crippen LogP contribution in [0.3, 0.4) is 0 Å². The Bertz CT molecular complexity index is 103. The first kappa shape index (κ1) is 29.6. The Kier molecular flexibility index (Phi) is 109. The quantitative estimate of drug-likeness (QED) is 0.409. The van der Waals surface area contributed by atoms with Crippen LogP contribution in [0.5, 0.6) is 0 Å². The van der Waals surface area contributed by atoms with Crippen molar-refractivity contribution in [3.8, 4) is 10.8 Å². The van der Waals surface area contributed by atoms with E-state index in [2.05, 4.69) is 25.3 Å². The average molecular weight is 298 g/mol. The SMILES string of the molecule is CC(C)N.N#C[S-].N#C[S-].[NH2-].[Pd]. The number of nitrogens with zero attached hydrogens (tertiary/aromatic N) is 2. The summed E-state index contributed by atoms with van der Waals surface area (Å²) in [5, 5.41) is 16.9. The van der Waals surface area contributed by atoms with E-state index < -0.39 is 0 Å². The minimum atomic E-state index is 0. The van der Waals surface area contributed by atoms with Crippen LogP contribution in [0.2, 0.25) is 0 Å². The van der Waals surface area contributed by atoms with E-state index in [1.165, 1.54) is 10.8 Å². The van der Waals surface area contributed by atoms with Gasteiger partial charge >= 0.3 is 0 Å². The van der Waals surface area contributed by atoms with Crippen LogP contribution in [0.15, 0.2) is 0 Å². The molecule has 0 spiro atoms. The molecule has 0 aromatic heterocycles. The minimum absolute atomic E-state index is 0. The van der Waals surface area contributed by atoms with Crippen molar-refractivity contribution in [2.45, 2.75) is 19.9 Å². The molecule has 0 radical (unpaired) electrons. The first-order chi connectivity index (χ1) is 4.56. The van der Waals surface area contributed by atoms with Gasteiger partial charge in [-0.3, -0.25) is 0 Å². The molecule has 0 saturated heterocycles. The zero-order valence-corrected chi connectivity index (χ0v) is 9.95. The van der Waals surface area contributed by atoms with E-state index in [1.807, 2.05) is 13.8 Å². The van der Waals surface area contributed by atoms with Crippen molar-refractivity contribution in [2.75, 3.05) is 0 Å². The van der Waals surface area contributed by atoms with Crippen LogP contribution in [0.4, 0.5) is 0 Å². The minimum Gasteiger partial charge on any atom is -0.696 e. The van der Waals surface area contributed by atoms with Gasteiger partial charge in [0.15, 0.2) is 0 Å². The first-order valence-electron chi connectivity index (χ1n) is 2.34. The maximum Gasteiger partial charge on any atom is 0 e. The molecule has 0 fully saturated rings.